The molecule has 14 heavy (non-hydrogen) atoms. The van der Waals surface area contributed by atoms with E-state index in [0.717, 1.165) is 24.7 Å². The molecule has 0 aromatic carbocycles. The summed E-state index contributed by atoms with van der Waals surface area (Å²) in [7, 11) is 0. The Morgan fingerprint density at radius 2 is 2.21 bits per heavy atom. The van der Waals surface area contributed by atoms with Gasteiger partial charge in [0.2, 0.25) is 5.88 Å². The Balaban J connectivity index is 2.41. The fourth-order valence-corrected chi connectivity index (χ4v) is 1.75. The summed E-state index contributed by atoms with van der Waals surface area (Å²) in [6, 6.07) is 4.01. The Hall–Kier alpha value is -1.25. The number of anilines is 1. The molecular weight excluding hydrogens is 176 g/mol. The van der Waals surface area contributed by atoms with Crippen molar-refractivity contribution >= 4 is 5.69 Å². The van der Waals surface area contributed by atoms with E-state index in [9.17, 15) is 0 Å². The van der Waals surface area contributed by atoms with Gasteiger partial charge >= 0.3 is 0 Å². The summed E-state index contributed by atoms with van der Waals surface area (Å²) in [5, 5.41) is 0. The summed E-state index contributed by atoms with van der Waals surface area (Å²) in [4.78, 5) is 6.55. The number of pyridine rings is 1. The molecule has 3 heteroatoms. The van der Waals surface area contributed by atoms with Crippen molar-refractivity contribution in [2.75, 3.05) is 18.1 Å². The molecule has 0 unspecified atom stereocenters. The molecule has 2 rings (SSSR count). The summed E-state index contributed by atoms with van der Waals surface area (Å²) in [6.45, 7) is 8.27. The zero-order valence-electron chi connectivity index (χ0n) is 8.95. The largest absolute Gasteiger partial charge is 0.474 e. The molecule has 3 nitrogen and oxygen atoms in total. The Bertz CT molecular complexity index is 330. The first-order valence-electron chi connectivity index (χ1n) is 4.94. The molecule has 0 radical (unpaired) electrons. The van der Waals surface area contributed by atoms with Crippen molar-refractivity contribution in [2.45, 2.75) is 26.3 Å². The van der Waals surface area contributed by atoms with Gasteiger partial charge in [-0.25, -0.2) is 4.98 Å². The molecule has 0 spiro atoms. The van der Waals surface area contributed by atoms with Gasteiger partial charge in [0.1, 0.15) is 12.3 Å². The van der Waals surface area contributed by atoms with Crippen LogP contribution in [-0.4, -0.2) is 23.7 Å². The second-order valence-electron chi connectivity index (χ2n) is 4.50. The molecule has 1 aliphatic rings. The van der Waals surface area contributed by atoms with Crippen LogP contribution in [0.15, 0.2) is 18.3 Å². The van der Waals surface area contributed by atoms with Crippen LogP contribution in [0.1, 0.15) is 20.8 Å². The average Bonchev–Trinajstić information content (AvgIpc) is 2.15. The van der Waals surface area contributed by atoms with Crippen LogP contribution >= 0.6 is 0 Å². The first-order valence-corrected chi connectivity index (χ1v) is 4.94. The van der Waals surface area contributed by atoms with Crippen LogP contribution in [0.25, 0.3) is 0 Å². The third-order valence-corrected chi connectivity index (χ3v) is 2.41. The van der Waals surface area contributed by atoms with E-state index in [1.165, 1.54) is 0 Å². The number of hydrogen-bond acceptors (Lipinski definition) is 3. The minimum Gasteiger partial charge on any atom is -0.474 e. The summed E-state index contributed by atoms with van der Waals surface area (Å²) < 4.78 is 5.50. The smallest absolute Gasteiger partial charge is 0.237 e. The number of nitrogens with zero attached hydrogens (tertiary/aromatic N) is 2. The predicted octanol–water partition coefficient (Wildman–Crippen LogP) is 2.08. The highest BCUT2D eigenvalue weighted by atomic mass is 16.5. The average molecular weight is 192 g/mol. The van der Waals surface area contributed by atoms with Crippen molar-refractivity contribution in [1.29, 1.82) is 0 Å². The highest BCUT2D eigenvalue weighted by Crippen LogP contribution is 2.33. The van der Waals surface area contributed by atoms with E-state index in [1.54, 1.807) is 6.20 Å². The standard InChI is InChI=1S/C11H16N2O/c1-11(2,3)13-7-8-14-10-9(13)5-4-6-12-10/h4-6H,7-8H2,1-3H3. The minimum absolute atomic E-state index is 0.127. The van der Waals surface area contributed by atoms with Crippen molar-refractivity contribution in [2.24, 2.45) is 0 Å². The number of ether oxygens (including phenoxy) is 1. The van der Waals surface area contributed by atoms with Gasteiger partial charge in [-0.15, -0.1) is 0 Å². The zero-order chi connectivity index (χ0) is 10.2. The van der Waals surface area contributed by atoms with Gasteiger partial charge < -0.3 is 9.64 Å². The summed E-state index contributed by atoms with van der Waals surface area (Å²) >= 11 is 0. The highest BCUT2D eigenvalue weighted by molar-refractivity contribution is 5.57. The van der Waals surface area contributed by atoms with Crippen LogP contribution < -0.4 is 9.64 Å². The SMILES string of the molecule is CC(C)(C)N1CCOc2ncccc21. The molecule has 0 saturated carbocycles. The normalized spacial score (nSPS) is 16.1. The second-order valence-corrected chi connectivity index (χ2v) is 4.50. The van der Waals surface area contributed by atoms with E-state index in [0.29, 0.717) is 0 Å². The van der Waals surface area contributed by atoms with Gasteiger partial charge in [-0.1, -0.05) is 0 Å². The fourth-order valence-electron chi connectivity index (χ4n) is 1.75. The number of hydrogen-bond donors (Lipinski definition) is 0. The van der Waals surface area contributed by atoms with Gasteiger partial charge in [0.15, 0.2) is 0 Å². The number of aromatic nitrogens is 1. The highest BCUT2D eigenvalue weighted by Gasteiger charge is 2.27. The van der Waals surface area contributed by atoms with Gasteiger partial charge in [-0.2, -0.15) is 0 Å². The lowest BCUT2D eigenvalue weighted by Crippen LogP contribution is -2.46. The van der Waals surface area contributed by atoms with E-state index in [-0.39, 0.29) is 5.54 Å². The van der Waals surface area contributed by atoms with E-state index in [4.69, 9.17) is 4.74 Å². The molecule has 0 saturated heterocycles. The second kappa shape index (κ2) is 3.15. The first kappa shape index (κ1) is 9.31. The monoisotopic (exact) mass is 192 g/mol. The van der Waals surface area contributed by atoms with E-state index >= 15 is 0 Å². The Kier molecular flexibility index (Phi) is 2.10. The third kappa shape index (κ3) is 1.54. The van der Waals surface area contributed by atoms with Crippen LogP contribution in [0.4, 0.5) is 5.69 Å². The molecule has 0 N–H and O–H groups in total. The summed E-state index contributed by atoms with van der Waals surface area (Å²) in [5.41, 5.74) is 1.23. The molecule has 1 aromatic rings. The van der Waals surface area contributed by atoms with Gasteiger partial charge in [0, 0.05) is 11.7 Å². The minimum atomic E-state index is 0.127. The maximum Gasteiger partial charge on any atom is 0.237 e. The molecule has 0 aliphatic carbocycles. The van der Waals surface area contributed by atoms with E-state index in [1.807, 2.05) is 6.07 Å². The molecule has 0 fully saturated rings. The molecule has 1 aliphatic heterocycles. The zero-order valence-corrected chi connectivity index (χ0v) is 8.95. The van der Waals surface area contributed by atoms with Gasteiger partial charge in [-0.3, -0.25) is 0 Å². The van der Waals surface area contributed by atoms with Crippen molar-refractivity contribution in [3.05, 3.63) is 18.3 Å². The lowest BCUT2D eigenvalue weighted by atomic mass is 10.0. The maximum absolute atomic E-state index is 5.50. The number of fused-ring (bicyclic) bond motifs is 1. The molecule has 2 heterocycles. The quantitative estimate of drug-likeness (QED) is 0.629. The molecule has 0 amide bonds. The van der Waals surface area contributed by atoms with Crippen molar-refractivity contribution in [1.82, 2.24) is 4.98 Å². The number of rotatable bonds is 0. The van der Waals surface area contributed by atoms with Crippen molar-refractivity contribution in [3.63, 3.8) is 0 Å². The van der Waals surface area contributed by atoms with Gasteiger partial charge in [0.05, 0.1) is 6.54 Å². The molecule has 76 valence electrons. The van der Waals surface area contributed by atoms with Crippen molar-refractivity contribution in [3.8, 4) is 5.88 Å². The van der Waals surface area contributed by atoms with Crippen LogP contribution in [0.2, 0.25) is 0 Å². The molecule has 0 atom stereocenters. The lowest BCUT2D eigenvalue weighted by molar-refractivity contribution is 0.278. The Labute approximate surface area is 84.7 Å². The Morgan fingerprint density at radius 1 is 1.43 bits per heavy atom. The van der Waals surface area contributed by atoms with Crippen LogP contribution in [-0.2, 0) is 0 Å². The van der Waals surface area contributed by atoms with Gasteiger partial charge in [0.25, 0.3) is 0 Å². The first-order chi connectivity index (χ1) is 6.59. The van der Waals surface area contributed by atoms with Crippen LogP contribution in [0.5, 0.6) is 5.88 Å². The molecule has 0 bridgehead atoms. The van der Waals surface area contributed by atoms with Gasteiger partial charge in [-0.05, 0) is 32.9 Å². The third-order valence-electron chi connectivity index (χ3n) is 2.41. The van der Waals surface area contributed by atoms with Crippen LogP contribution in [0.3, 0.4) is 0 Å². The van der Waals surface area contributed by atoms with E-state index in [2.05, 4.69) is 36.7 Å². The van der Waals surface area contributed by atoms with Crippen LogP contribution in [0, 0.1) is 0 Å². The predicted molar refractivity (Wildman–Crippen MR) is 56.8 cm³/mol. The summed E-state index contributed by atoms with van der Waals surface area (Å²) in [5.74, 6) is 0.758. The van der Waals surface area contributed by atoms with E-state index < -0.39 is 0 Å². The molecule has 1 aromatic heterocycles. The topological polar surface area (TPSA) is 25.4 Å². The molecular formula is C11H16N2O. The van der Waals surface area contributed by atoms with Crippen molar-refractivity contribution < 1.29 is 4.74 Å². The Morgan fingerprint density at radius 3 is 2.93 bits per heavy atom. The summed E-state index contributed by atoms with van der Waals surface area (Å²) in [6.07, 6.45) is 1.77. The fraction of sp³-hybridized carbons (Fsp3) is 0.545. The maximum atomic E-state index is 5.50. The lowest BCUT2D eigenvalue weighted by Gasteiger charge is -2.40.